The van der Waals surface area contributed by atoms with Gasteiger partial charge >= 0.3 is 5.97 Å². The molecule has 0 bridgehead atoms. The summed E-state index contributed by atoms with van der Waals surface area (Å²) < 4.78 is 5.51. The zero-order valence-corrected chi connectivity index (χ0v) is 11.3. The van der Waals surface area contributed by atoms with E-state index in [1.54, 1.807) is 19.0 Å². The Morgan fingerprint density at radius 3 is 2.58 bits per heavy atom. The number of likely N-dealkylation sites (N-methyl/N-ethyl adjacent to an activating group) is 1. The molecular weight excluding hydrogens is 252 g/mol. The number of carboxylic acid groups (broad SMARTS) is 1. The Hall–Kier alpha value is -1.18. The molecule has 0 unspecified atom stereocenters. The van der Waals surface area contributed by atoms with Crippen LogP contribution in [0.25, 0.3) is 0 Å². The molecule has 3 atom stereocenters. The second-order valence-electron chi connectivity index (χ2n) is 5.07. The van der Waals surface area contributed by atoms with Gasteiger partial charge < -0.3 is 25.2 Å². The zero-order valence-electron chi connectivity index (χ0n) is 11.3. The average Bonchev–Trinajstić information content (AvgIpc) is 2.29. The first-order valence-corrected chi connectivity index (χ1v) is 6.34. The van der Waals surface area contributed by atoms with E-state index in [9.17, 15) is 14.7 Å². The third kappa shape index (κ3) is 5.54. The summed E-state index contributed by atoms with van der Waals surface area (Å²) in [4.78, 5) is 24.0. The molecule has 1 heterocycles. The number of carboxylic acids is 1. The highest BCUT2D eigenvalue weighted by atomic mass is 16.5. The van der Waals surface area contributed by atoms with E-state index in [1.165, 1.54) is 0 Å². The molecule has 0 aromatic carbocycles. The molecule has 1 aliphatic rings. The maximum absolute atomic E-state index is 11.7. The van der Waals surface area contributed by atoms with Crippen molar-refractivity contribution in [3.05, 3.63) is 0 Å². The van der Waals surface area contributed by atoms with Crippen molar-refractivity contribution in [1.82, 2.24) is 10.2 Å². The highest BCUT2D eigenvalue weighted by molar-refractivity contribution is 5.78. The lowest BCUT2D eigenvalue weighted by Gasteiger charge is -2.35. The van der Waals surface area contributed by atoms with E-state index in [4.69, 9.17) is 9.84 Å². The third-order valence-corrected chi connectivity index (χ3v) is 3.00. The number of aliphatic carboxylic acids is 1. The van der Waals surface area contributed by atoms with Crippen molar-refractivity contribution in [2.45, 2.75) is 37.5 Å². The summed E-state index contributed by atoms with van der Waals surface area (Å²) in [6.07, 6.45) is 0.174. The van der Waals surface area contributed by atoms with Crippen LogP contribution in [0.3, 0.4) is 0 Å². The van der Waals surface area contributed by atoms with Crippen LogP contribution >= 0.6 is 0 Å². The molecule has 1 aliphatic heterocycles. The van der Waals surface area contributed by atoms with Crippen LogP contribution in [0.4, 0.5) is 0 Å². The first-order valence-electron chi connectivity index (χ1n) is 6.34. The van der Waals surface area contributed by atoms with Crippen molar-refractivity contribution < 1.29 is 24.5 Å². The lowest BCUT2D eigenvalue weighted by Crippen LogP contribution is -2.52. The Kier molecular flexibility index (Phi) is 6.20. The van der Waals surface area contributed by atoms with E-state index in [-0.39, 0.29) is 31.5 Å². The van der Waals surface area contributed by atoms with Crippen molar-refractivity contribution in [3.8, 4) is 0 Å². The molecule has 0 aromatic rings. The number of nitrogens with zero attached hydrogens (tertiary/aromatic N) is 1. The molecular formula is C12H22N2O5. The van der Waals surface area contributed by atoms with Crippen LogP contribution in [0.2, 0.25) is 0 Å². The van der Waals surface area contributed by atoms with E-state index in [0.29, 0.717) is 12.8 Å². The van der Waals surface area contributed by atoms with Crippen LogP contribution in [0.1, 0.15) is 19.3 Å². The first-order chi connectivity index (χ1) is 8.92. The van der Waals surface area contributed by atoms with Gasteiger partial charge in [0.15, 0.2) is 0 Å². The standard InChI is InChI=1S/C12H22N2O5/c1-14(2)6-11(16)13-9-4-3-8(5-12(17)18)19-10(9)7-15/h8-10,15H,3-7H2,1-2H3,(H,13,16)(H,17,18)/t8-,9+,10-/m1/s1. The number of hydrogen-bond acceptors (Lipinski definition) is 5. The molecule has 0 spiro atoms. The lowest BCUT2D eigenvalue weighted by atomic mass is 9.97. The predicted octanol–water partition coefficient (Wildman–Crippen LogP) is -0.953. The molecule has 110 valence electrons. The SMILES string of the molecule is CN(C)CC(=O)N[C@H]1CC[C@H](CC(=O)O)O[C@@H]1CO. The number of amides is 1. The fourth-order valence-electron chi connectivity index (χ4n) is 2.18. The van der Waals surface area contributed by atoms with Crippen molar-refractivity contribution >= 4 is 11.9 Å². The highest BCUT2D eigenvalue weighted by Crippen LogP contribution is 2.21. The van der Waals surface area contributed by atoms with Crippen LogP contribution in [0, 0.1) is 0 Å². The monoisotopic (exact) mass is 274 g/mol. The van der Waals surface area contributed by atoms with Gasteiger partial charge in [-0.2, -0.15) is 0 Å². The molecule has 7 heteroatoms. The Labute approximate surface area is 112 Å². The molecule has 1 fully saturated rings. The summed E-state index contributed by atoms with van der Waals surface area (Å²) in [5, 5.41) is 20.8. The second-order valence-corrected chi connectivity index (χ2v) is 5.07. The van der Waals surface area contributed by atoms with Gasteiger partial charge in [0.2, 0.25) is 5.91 Å². The van der Waals surface area contributed by atoms with Crippen LogP contribution < -0.4 is 5.32 Å². The topological polar surface area (TPSA) is 99.1 Å². The molecule has 3 N–H and O–H groups in total. The maximum Gasteiger partial charge on any atom is 0.305 e. The maximum atomic E-state index is 11.7. The number of nitrogens with one attached hydrogen (secondary N) is 1. The van der Waals surface area contributed by atoms with Gasteiger partial charge in [0, 0.05) is 0 Å². The second kappa shape index (κ2) is 7.42. The fraction of sp³-hybridized carbons (Fsp3) is 0.833. The normalized spacial score (nSPS) is 27.3. The Morgan fingerprint density at radius 2 is 2.05 bits per heavy atom. The smallest absolute Gasteiger partial charge is 0.305 e. The number of aliphatic hydroxyl groups excluding tert-OH is 1. The number of rotatable bonds is 6. The van der Waals surface area contributed by atoms with Gasteiger partial charge in [-0.25, -0.2) is 0 Å². The number of aliphatic hydroxyl groups is 1. The van der Waals surface area contributed by atoms with Crippen molar-refractivity contribution in [2.75, 3.05) is 27.2 Å². The quantitative estimate of drug-likeness (QED) is 0.577. The average molecular weight is 274 g/mol. The van der Waals surface area contributed by atoms with Gasteiger partial charge in [-0.1, -0.05) is 0 Å². The van der Waals surface area contributed by atoms with Crippen LogP contribution in [-0.2, 0) is 14.3 Å². The van der Waals surface area contributed by atoms with Gasteiger partial charge in [0.05, 0.1) is 31.7 Å². The predicted molar refractivity (Wildman–Crippen MR) is 67.7 cm³/mol. The molecule has 0 radical (unpaired) electrons. The van der Waals surface area contributed by atoms with Gasteiger partial charge in [-0.3, -0.25) is 9.59 Å². The number of carbonyl (C=O) groups excluding carboxylic acids is 1. The van der Waals surface area contributed by atoms with Gasteiger partial charge in [0.1, 0.15) is 6.10 Å². The summed E-state index contributed by atoms with van der Waals surface area (Å²) in [5.74, 6) is -1.05. The summed E-state index contributed by atoms with van der Waals surface area (Å²) in [7, 11) is 3.59. The minimum atomic E-state index is -0.920. The molecule has 0 saturated carbocycles. The van der Waals surface area contributed by atoms with Crippen molar-refractivity contribution in [2.24, 2.45) is 0 Å². The number of carbonyl (C=O) groups is 2. The van der Waals surface area contributed by atoms with Crippen LogP contribution in [-0.4, -0.2) is 72.5 Å². The van der Waals surface area contributed by atoms with Crippen molar-refractivity contribution in [1.29, 1.82) is 0 Å². The summed E-state index contributed by atoms with van der Waals surface area (Å²) in [5.41, 5.74) is 0. The number of hydrogen-bond donors (Lipinski definition) is 3. The van der Waals surface area contributed by atoms with Crippen molar-refractivity contribution in [3.63, 3.8) is 0 Å². The van der Waals surface area contributed by atoms with E-state index in [0.717, 1.165) is 0 Å². The minimum absolute atomic E-state index is 0.0745. The van der Waals surface area contributed by atoms with E-state index in [1.807, 2.05) is 0 Å². The zero-order chi connectivity index (χ0) is 14.4. The minimum Gasteiger partial charge on any atom is -0.481 e. The molecule has 1 saturated heterocycles. The Bertz CT molecular complexity index is 321. The summed E-state index contributed by atoms with van der Waals surface area (Å²) >= 11 is 0. The number of ether oxygens (including phenoxy) is 1. The molecule has 0 aliphatic carbocycles. The van der Waals surface area contributed by atoms with Crippen LogP contribution in [0.15, 0.2) is 0 Å². The summed E-state index contributed by atoms with van der Waals surface area (Å²) in [6.45, 7) is 0.0379. The van der Waals surface area contributed by atoms with Gasteiger partial charge in [-0.15, -0.1) is 0 Å². The Balaban J connectivity index is 2.47. The Morgan fingerprint density at radius 1 is 1.37 bits per heavy atom. The molecule has 7 nitrogen and oxygen atoms in total. The van der Waals surface area contributed by atoms with Crippen LogP contribution in [0.5, 0.6) is 0 Å². The molecule has 0 aromatic heterocycles. The van der Waals surface area contributed by atoms with E-state index < -0.39 is 18.2 Å². The molecule has 19 heavy (non-hydrogen) atoms. The first kappa shape index (κ1) is 15.9. The highest BCUT2D eigenvalue weighted by Gasteiger charge is 2.32. The van der Waals surface area contributed by atoms with Gasteiger partial charge in [0.25, 0.3) is 0 Å². The lowest BCUT2D eigenvalue weighted by molar-refractivity contribution is -0.147. The molecule has 1 rings (SSSR count). The van der Waals surface area contributed by atoms with E-state index >= 15 is 0 Å². The fourth-order valence-corrected chi connectivity index (χ4v) is 2.18. The third-order valence-electron chi connectivity index (χ3n) is 3.00. The molecule has 1 amide bonds. The van der Waals surface area contributed by atoms with E-state index in [2.05, 4.69) is 5.32 Å². The summed E-state index contributed by atoms with van der Waals surface area (Å²) in [6, 6.07) is -0.262. The largest absolute Gasteiger partial charge is 0.481 e. The van der Waals surface area contributed by atoms with Gasteiger partial charge in [-0.05, 0) is 26.9 Å².